The second-order valence-corrected chi connectivity index (χ2v) is 4.07. The second kappa shape index (κ2) is 4.89. The number of imide groups is 1. The van der Waals surface area contributed by atoms with Gasteiger partial charge in [0.2, 0.25) is 0 Å². The molecule has 1 aromatic rings. The molecule has 19 heavy (non-hydrogen) atoms. The molecular weight excluding hydrogens is 246 g/mol. The van der Waals surface area contributed by atoms with E-state index in [9.17, 15) is 14.4 Å². The normalized spacial score (nSPS) is 15.7. The highest BCUT2D eigenvalue weighted by atomic mass is 16.4. The van der Waals surface area contributed by atoms with Crippen molar-refractivity contribution < 1.29 is 19.5 Å². The van der Waals surface area contributed by atoms with Crippen molar-refractivity contribution in [2.75, 3.05) is 0 Å². The SMILES string of the molecule is CC(=CC1=C(c2ccccc2)C(=O)NC1=O)C(=O)O. The van der Waals surface area contributed by atoms with Crippen molar-refractivity contribution in [2.45, 2.75) is 6.92 Å². The largest absolute Gasteiger partial charge is 0.478 e. The molecular formula is C14H11NO4. The molecule has 0 fully saturated rings. The van der Waals surface area contributed by atoms with Gasteiger partial charge in [0.05, 0.1) is 11.1 Å². The molecule has 2 amide bonds. The quantitative estimate of drug-likeness (QED) is 0.628. The lowest BCUT2D eigenvalue weighted by Crippen LogP contribution is -2.22. The van der Waals surface area contributed by atoms with Crippen LogP contribution in [0.1, 0.15) is 12.5 Å². The molecule has 0 aliphatic carbocycles. The Kier molecular flexibility index (Phi) is 3.29. The molecule has 96 valence electrons. The Bertz CT molecular complexity index is 626. The number of hydrogen-bond donors (Lipinski definition) is 2. The Morgan fingerprint density at radius 3 is 2.37 bits per heavy atom. The lowest BCUT2D eigenvalue weighted by molar-refractivity contribution is -0.132. The van der Waals surface area contributed by atoms with Crippen molar-refractivity contribution in [1.29, 1.82) is 0 Å². The van der Waals surface area contributed by atoms with Crippen LogP contribution in [0, 0.1) is 0 Å². The summed E-state index contributed by atoms with van der Waals surface area (Å²) in [5.74, 6) is -2.22. The number of aliphatic carboxylic acids is 1. The van der Waals surface area contributed by atoms with Crippen LogP contribution in [0.2, 0.25) is 0 Å². The fourth-order valence-electron chi connectivity index (χ4n) is 1.78. The molecule has 0 atom stereocenters. The molecule has 0 spiro atoms. The monoisotopic (exact) mass is 257 g/mol. The molecule has 1 heterocycles. The zero-order valence-electron chi connectivity index (χ0n) is 10.1. The van der Waals surface area contributed by atoms with Crippen molar-refractivity contribution in [1.82, 2.24) is 5.32 Å². The molecule has 1 aliphatic heterocycles. The van der Waals surface area contributed by atoms with E-state index in [1.54, 1.807) is 30.3 Å². The van der Waals surface area contributed by atoms with Gasteiger partial charge in [-0.2, -0.15) is 0 Å². The zero-order chi connectivity index (χ0) is 14.0. The van der Waals surface area contributed by atoms with E-state index >= 15 is 0 Å². The summed E-state index contributed by atoms with van der Waals surface area (Å²) in [5.41, 5.74) is 0.853. The van der Waals surface area contributed by atoms with Gasteiger partial charge < -0.3 is 5.11 Å². The fourth-order valence-corrected chi connectivity index (χ4v) is 1.78. The van der Waals surface area contributed by atoms with Gasteiger partial charge in [0, 0.05) is 5.57 Å². The van der Waals surface area contributed by atoms with Crippen LogP contribution >= 0.6 is 0 Å². The third kappa shape index (κ3) is 2.44. The summed E-state index contributed by atoms with van der Waals surface area (Å²) in [4.78, 5) is 34.3. The average molecular weight is 257 g/mol. The standard InChI is InChI=1S/C14H11NO4/c1-8(14(18)19)7-10-11(13(17)15-12(10)16)9-5-3-2-4-6-9/h2-7H,1H3,(H,18,19)(H,15,16,17). The lowest BCUT2D eigenvalue weighted by atomic mass is 10.0. The molecule has 5 nitrogen and oxygen atoms in total. The number of amides is 2. The summed E-state index contributed by atoms with van der Waals surface area (Å²) in [5, 5.41) is 11.0. The minimum Gasteiger partial charge on any atom is -0.478 e. The molecule has 0 bridgehead atoms. The molecule has 0 saturated heterocycles. The Morgan fingerprint density at radius 1 is 1.16 bits per heavy atom. The van der Waals surface area contributed by atoms with Crippen LogP contribution in [0.3, 0.4) is 0 Å². The van der Waals surface area contributed by atoms with Crippen molar-refractivity contribution in [3.05, 3.63) is 53.1 Å². The van der Waals surface area contributed by atoms with Gasteiger partial charge in [-0.3, -0.25) is 14.9 Å². The Balaban J connectivity index is 2.59. The smallest absolute Gasteiger partial charge is 0.331 e. The zero-order valence-corrected chi connectivity index (χ0v) is 10.1. The fraction of sp³-hybridized carbons (Fsp3) is 0.0714. The first-order valence-corrected chi connectivity index (χ1v) is 5.57. The molecule has 0 unspecified atom stereocenters. The molecule has 0 aromatic heterocycles. The van der Waals surface area contributed by atoms with E-state index in [0.29, 0.717) is 5.56 Å². The Morgan fingerprint density at radius 2 is 1.79 bits per heavy atom. The van der Waals surface area contributed by atoms with E-state index in [1.807, 2.05) is 0 Å². The predicted molar refractivity (Wildman–Crippen MR) is 67.9 cm³/mol. The topological polar surface area (TPSA) is 83.5 Å². The number of carbonyl (C=O) groups is 3. The summed E-state index contributed by atoms with van der Waals surface area (Å²) < 4.78 is 0. The number of hydrogen-bond acceptors (Lipinski definition) is 3. The maximum absolute atomic E-state index is 11.8. The van der Waals surface area contributed by atoms with E-state index in [-0.39, 0.29) is 16.7 Å². The van der Waals surface area contributed by atoms with Gasteiger partial charge in [0.1, 0.15) is 0 Å². The van der Waals surface area contributed by atoms with Gasteiger partial charge in [-0.25, -0.2) is 4.79 Å². The second-order valence-electron chi connectivity index (χ2n) is 4.07. The number of carboxylic acid groups (broad SMARTS) is 1. The molecule has 1 aromatic carbocycles. The van der Waals surface area contributed by atoms with Crippen molar-refractivity contribution in [2.24, 2.45) is 0 Å². The molecule has 1 aliphatic rings. The molecule has 0 saturated carbocycles. The van der Waals surface area contributed by atoms with Gasteiger partial charge in [0.25, 0.3) is 11.8 Å². The summed E-state index contributed by atoms with van der Waals surface area (Å²) in [6, 6.07) is 8.65. The van der Waals surface area contributed by atoms with E-state index < -0.39 is 17.8 Å². The maximum atomic E-state index is 11.8. The van der Waals surface area contributed by atoms with E-state index in [1.165, 1.54) is 13.0 Å². The molecule has 5 heteroatoms. The van der Waals surface area contributed by atoms with Crippen LogP contribution in [-0.2, 0) is 14.4 Å². The highest BCUT2D eigenvalue weighted by molar-refractivity contribution is 6.37. The number of carbonyl (C=O) groups excluding carboxylic acids is 2. The van der Waals surface area contributed by atoms with E-state index in [0.717, 1.165) is 0 Å². The van der Waals surface area contributed by atoms with E-state index in [4.69, 9.17) is 5.11 Å². The van der Waals surface area contributed by atoms with Crippen LogP contribution < -0.4 is 5.32 Å². The molecule has 2 rings (SSSR count). The number of benzene rings is 1. The lowest BCUT2D eigenvalue weighted by Gasteiger charge is -2.01. The third-order valence-electron chi connectivity index (χ3n) is 2.73. The highest BCUT2D eigenvalue weighted by Gasteiger charge is 2.30. The summed E-state index contributed by atoms with van der Waals surface area (Å²) >= 11 is 0. The van der Waals surface area contributed by atoms with Gasteiger partial charge in [-0.1, -0.05) is 30.3 Å². The van der Waals surface area contributed by atoms with Crippen molar-refractivity contribution in [3.63, 3.8) is 0 Å². The van der Waals surface area contributed by atoms with Gasteiger partial charge in [0.15, 0.2) is 0 Å². The Hall–Kier alpha value is -2.69. The first-order valence-electron chi connectivity index (χ1n) is 5.57. The average Bonchev–Trinajstić information content (AvgIpc) is 2.65. The van der Waals surface area contributed by atoms with Gasteiger partial charge in [-0.15, -0.1) is 0 Å². The van der Waals surface area contributed by atoms with E-state index in [2.05, 4.69) is 5.32 Å². The minimum atomic E-state index is -1.13. The molecule has 0 radical (unpaired) electrons. The van der Waals surface area contributed by atoms with Gasteiger partial charge >= 0.3 is 5.97 Å². The summed E-state index contributed by atoms with van der Waals surface area (Å²) in [6.45, 7) is 1.37. The predicted octanol–water partition coefficient (Wildman–Crippen LogP) is 1.13. The van der Waals surface area contributed by atoms with Gasteiger partial charge in [-0.05, 0) is 18.6 Å². The van der Waals surface area contributed by atoms with Crippen molar-refractivity contribution in [3.8, 4) is 0 Å². The highest BCUT2D eigenvalue weighted by Crippen LogP contribution is 2.25. The molecule has 2 N–H and O–H groups in total. The first-order chi connectivity index (χ1) is 9.00. The number of rotatable bonds is 3. The summed E-state index contributed by atoms with van der Waals surface area (Å²) in [7, 11) is 0. The third-order valence-corrected chi connectivity index (χ3v) is 2.73. The van der Waals surface area contributed by atoms with Crippen molar-refractivity contribution >= 4 is 23.4 Å². The summed E-state index contributed by atoms with van der Waals surface area (Å²) in [6.07, 6.45) is 1.21. The van der Waals surface area contributed by atoms with Crippen LogP contribution in [0.4, 0.5) is 0 Å². The number of nitrogens with one attached hydrogen (secondary N) is 1. The Labute approximate surface area is 109 Å². The number of carboxylic acids is 1. The van der Waals surface area contributed by atoms with Crippen LogP contribution in [0.15, 0.2) is 47.6 Å². The first kappa shape index (κ1) is 12.8. The van der Waals surface area contributed by atoms with Crippen LogP contribution in [0.5, 0.6) is 0 Å². The minimum absolute atomic E-state index is 0.00622. The van der Waals surface area contributed by atoms with Crippen LogP contribution in [-0.4, -0.2) is 22.9 Å². The maximum Gasteiger partial charge on any atom is 0.331 e. The van der Waals surface area contributed by atoms with Crippen LogP contribution in [0.25, 0.3) is 5.57 Å².